The molecule has 0 atom stereocenters. The zero-order chi connectivity index (χ0) is 25.1. The van der Waals surface area contributed by atoms with E-state index in [-0.39, 0.29) is 31.2 Å². The Hall–Kier alpha value is -4.79. The Bertz CT molecular complexity index is 1490. The lowest BCUT2D eigenvalue weighted by Crippen LogP contribution is -2.41. The van der Waals surface area contributed by atoms with Crippen LogP contribution in [0, 0.1) is 0 Å². The summed E-state index contributed by atoms with van der Waals surface area (Å²) in [6.07, 6.45) is 0. The first-order chi connectivity index (χ1) is 17.5. The Morgan fingerprint density at radius 2 is 1.78 bits per heavy atom. The molecule has 2 amide bonds. The number of hydrogen-bond acceptors (Lipinski definition) is 7. The molecule has 36 heavy (non-hydrogen) atoms. The van der Waals surface area contributed by atoms with Gasteiger partial charge in [-0.2, -0.15) is 0 Å². The molecule has 9 nitrogen and oxygen atoms in total. The molecule has 9 heteroatoms. The van der Waals surface area contributed by atoms with Crippen LogP contribution in [0.4, 0.5) is 11.4 Å². The highest BCUT2D eigenvalue weighted by Crippen LogP contribution is 2.34. The van der Waals surface area contributed by atoms with Gasteiger partial charge < -0.3 is 28.8 Å². The molecular formula is C27H22N2O7. The van der Waals surface area contributed by atoms with Crippen molar-refractivity contribution in [2.75, 3.05) is 37.1 Å². The van der Waals surface area contributed by atoms with Crippen molar-refractivity contribution >= 4 is 34.2 Å². The first kappa shape index (κ1) is 23.0. The topological polar surface area (TPSA) is 107 Å². The number of amides is 2. The molecule has 0 fully saturated rings. The van der Waals surface area contributed by atoms with Gasteiger partial charge in [0.15, 0.2) is 6.61 Å². The number of ether oxygens (including phenoxy) is 3. The number of anilines is 2. The highest BCUT2D eigenvalue weighted by atomic mass is 16.5. The van der Waals surface area contributed by atoms with Crippen LogP contribution in [-0.2, 0) is 4.79 Å². The van der Waals surface area contributed by atoms with Crippen LogP contribution in [0.15, 0.2) is 82.0 Å². The molecule has 1 N–H and O–H groups in total. The molecule has 5 rings (SSSR count). The minimum absolute atomic E-state index is 0.0978. The third-order valence-corrected chi connectivity index (χ3v) is 5.69. The van der Waals surface area contributed by atoms with Gasteiger partial charge in [0.2, 0.25) is 0 Å². The zero-order valence-corrected chi connectivity index (χ0v) is 19.4. The van der Waals surface area contributed by atoms with E-state index in [1.165, 1.54) is 6.07 Å². The predicted molar refractivity (Wildman–Crippen MR) is 133 cm³/mol. The standard InChI is InChI=1S/C27H22N2O7/c1-33-19-7-9-20(10-8-19)34-13-12-29-22-15-18(6-11-24(22)35-16-25(29)30)28-26(31)21-14-17-4-2-3-5-23(17)36-27(21)32/h2-11,14-15H,12-13,16H2,1H3,(H,28,31). The van der Waals surface area contributed by atoms with Crippen molar-refractivity contribution in [3.05, 3.63) is 88.8 Å². The largest absolute Gasteiger partial charge is 0.497 e. The molecule has 0 spiro atoms. The summed E-state index contributed by atoms with van der Waals surface area (Å²) < 4.78 is 21.7. The Morgan fingerprint density at radius 1 is 1.00 bits per heavy atom. The van der Waals surface area contributed by atoms with Gasteiger partial charge in [0.1, 0.15) is 35.0 Å². The van der Waals surface area contributed by atoms with Crippen molar-refractivity contribution in [2.45, 2.75) is 0 Å². The summed E-state index contributed by atoms with van der Waals surface area (Å²) in [6, 6.07) is 20.5. The van der Waals surface area contributed by atoms with Crippen LogP contribution in [0.5, 0.6) is 17.2 Å². The highest BCUT2D eigenvalue weighted by molar-refractivity contribution is 6.06. The number of carbonyl (C=O) groups excluding carboxylic acids is 2. The Balaban J connectivity index is 1.32. The van der Waals surface area contributed by atoms with Gasteiger partial charge in [-0.15, -0.1) is 0 Å². The number of carbonyl (C=O) groups is 2. The first-order valence-corrected chi connectivity index (χ1v) is 11.2. The average Bonchev–Trinajstić information content (AvgIpc) is 2.90. The van der Waals surface area contributed by atoms with Crippen LogP contribution >= 0.6 is 0 Å². The van der Waals surface area contributed by atoms with E-state index in [2.05, 4.69) is 5.32 Å². The van der Waals surface area contributed by atoms with E-state index in [0.29, 0.717) is 33.8 Å². The van der Waals surface area contributed by atoms with E-state index in [1.54, 1.807) is 78.7 Å². The van der Waals surface area contributed by atoms with Crippen molar-refractivity contribution in [1.29, 1.82) is 0 Å². The molecule has 0 unspecified atom stereocenters. The molecule has 182 valence electrons. The smallest absolute Gasteiger partial charge is 0.349 e. The Labute approximate surface area is 205 Å². The number of rotatable bonds is 7. The van der Waals surface area contributed by atoms with Crippen LogP contribution in [0.1, 0.15) is 10.4 Å². The number of methoxy groups -OCH3 is 1. The SMILES string of the molecule is COc1ccc(OCCN2C(=O)COc3ccc(NC(=O)c4cc5ccccc5oc4=O)cc32)cc1. The fourth-order valence-corrected chi connectivity index (χ4v) is 3.87. The van der Waals surface area contributed by atoms with E-state index >= 15 is 0 Å². The molecule has 0 bridgehead atoms. The molecule has 3 aromatic carbocycles. The molecule has 1 aliphatic heterocycles. The molecule has 1 aliphatic rings. The third-order valence-electron chi connectivity index (χ3n) is 5.69. The van der Waals surface area contributed by atoms with Crippen LogP contribution < -0.4 is 30.1 Å². The summed E-state index contributed by atoms with van der Waals surface area (Å²) in [5.74, 6) is 1.01. The van der Waals surface area contributed by atoms with Crippen LogP contribution in [-0.4, -0.2) is 38.7 Å². The summed E-state index contributed by atoms with van der Waals surface area (Å²) in [6.45, 7) is 0.415. The normalized spacial score (nSPS) is 12.6. The second kappa shape index (κ2) is 9.83. The van der Waals surface area contributed by atoms with Crippen molar-refractivity contribution < 1.29 is 28.2 Å². The van der Waals surface area contributed by atoms with E-state index in [1.807, 2.05) is 0 Å². The van der Waals surface area contributed by atoms with Crippen LogP contribution in [0.3, 0.4) is 0 Å². The summed E-state index contributed by atoms with van der Waals surface area (Å²) in [5.41, 5.74) is 0.429. The monoisotopic (exact) mass is 486 g/mol. The molecule has 1 aromatic heterocycles. The van der Waals surface area contributed by atoms with E-state index in [4.69, 9.17) is 18.6 Å². The lowest BCUT2D eigenvalue weighted by molar-refractivity contribution is -0.121. The van der Waals surface area contributed by atoms with Crippen molar-refractivity contribution in [3.8, 4) is 17.2 Å². The predicted octanol–water partition coefficient (Wildman–Crippen LogP) is 3.86. The van der Waals surface area contributed by atoms with E-state index in [0.717, 1.165) is 5.75 Å². The summed E-state index contributed by atoms with van der Waals surface area (Å²) in [5, 5.41) is 3.34. The van der Waals surface area contributed by atoms with Gasteiger partial charge in [0.25, 0.3) is 11.8 Å². The first-order valence-electron chi connectivity index (χ1n) is 11.2. The maximum absolute atomic E-state index is 12.9. The van der Waals surface area contributed by atoms with E-state index < -0.39 is 11.5 Å². The van der Waals surface area contributed by atoms with Crippen molar-refractivity contribution in [3.63, 3.8) is 0 Å². The molecular weight excluding hydrogens is 464 g/mol. The van der Waals surface area contributed by atoms with Gasteiger partial charge in [-0.25, -0.2) is 4.79 Å². The number of fused-ring (bicyclic) bond motifs is 2. The van der Waals surface area contributed by atoms with Gasteiger partial charge in [-0.05, 0) is 54.6 Å². The minimum atomic E-state index is -0.736. The minimum Gasteiger partial charge on any atom is -0.497 e. The maximum atomic E-state index is 12.9. The molecule has 4 aromatic rings. The van der Waals surface area contributed by atoms with Gasteiger partial charge >= 0.3 is 5.63 Å². The lowest BCUT2D eigenvalue weighted by atomic mass is 10.1. The average molecular weight is 486 g/mol. The van der Waals surface area contributed by atoms with Crippen LogP contribution in [0.25, 0.3) is 11.0 Å². The Morgan fingerprint density at radius 3 is 2.58 bits per heavy atom. The van der Waals surface area contributed by atoms with Crippen molar-refractivity contribution in [1.82, 2.24) is 0 Å². The maximum Gasteiger partial charge on any atom is 0.349 e. The van der Waals surface area contributed by atoms with Crippen molar-refractivity contribution in [2.24, 2.45) is 0 Å². The number of hydrogen-bond donors (Lipinski definition) is 1. The molecule has 0 saturated heterocycles. The molecule has 0 aliphatic carbocycles. The lowest BCUT2D eigenvalue weighted by Gasteiger charge is -2.29. The number of nitrogens with one attached hydrogen (secondary N) is 1. The van der Waals surface area contributed by atoms with E-state index in [9.17, 15) is 14.4 Å². The fourth-order valence-electron chi connectivity index (χ4n) is 3.87. The second-order valence-corrected chi connectivity index (χ2v) is 7.98. The van der Waals surface area contributed by atoms with Crippen LogP contribution in [0.2, 0.25) is 0 Å². The van der Waals surface area contributed by atoms with Gasteiger partial charge in [-0.1, -0.05) is 18.2 Å². The zero-order valence-electron chi connectivity index (χ0n) is 19.4. The number of nitrogens with zero attached hydrogens (tertiary/aromatic N) is 1. The Kier molecular flexibility index (Phi) is 6.27. The third kappa shape index (κ3) is 4.72. The molecule has 0 radical (unpaired) electrons. The van der Waals surface area contributed by atoms with Gasteiger partial charge in [-0.3, -0.25) is 9.59 Å². The molecule has 0 saturated carbocycles. The fraction of sp³-hybridized carbons (Fsp3) is 0.148. The summed E-state index contributed by atoms with van der Waals surface area (Å²) in [7, 11) is 1.59. The number of para-hydroxylation sites is 1. The highest BCUT2D eigenvalue weighted by Gasteiger charge is 2.26. The molecule has 2 heterocycles. The second-order valence-electron chi connectivity index (χ2n) is 7.98. The van der Waals surface area contributed by atoms with Gasteiger partial charge in [0.05, 0.1) is 19.3 Å². The summed E-state index contributed by atoms with van der Waals surface area (Å²) in [4.78, 5) is 39.3. The number of benzene rings is 3. The van der Waals surface area contributed by atoms with Gasteiger partial charge in [0, 0.05) is 11.1 Å². The summed E-state index contributed by atoms with van der Waals surface area (Å²) >= 11 is 0. The quantitative estimate of drug-likeness (QED) is 0.395.